The summed E-state index contributed by atoms with van der Waals surface area (Å²) in [5, 5.41) is 11.8. The van der Waals surface area contributed by atoms with Crippen molar-refractivity contribution in [1.29, 1.82) is 0 Å². The van der Waals surface area contributed by atoms with Crippen molar-refractivity contribution >= 4 is 24.0 Å². The Bertz CT molecular complexity index is 1190. The summed E-state index contributed by atoms with van der Waals surface area (Å²) in [7, 11) is 0. The number of carboxylic acid groups (broad SMARTS) is 1. The van der Waals surface area contributed by atoms with Crippen LogP contribution in [0.3, 0.4) is 0 Å². The molecule has 30 heavy (non-hydrogen) atoms. The summed E-state index contributed by atoms with van der Waals surface area (Å²) in [6, 6.07) is 17.2. The van der Waals surface area contributed by atoms with Gasteiger partial charge in [-0.25, -0.2) is 9.59 Å². The van der Waals surface area contributed by atoms with Gasteiger partial charge in [-0.05, 0) is 48.9 Å². The molecule has 0 aliphatic carbocycles. The van der Waals surface area contributed by atoms with E-state index in [4.69, 9.17) is 0 Å². The fourth-order valence-electron chi connectivity index (χ4n) is 3.39. The molecule has 1 aliphatic rings. The molecule has 1 aromatic heterocycles. The fraction of sp³-hybridized carbons (Fsp3) is 0.0870. The molecule has 0 unspecified atom stereocenters. The molecule has 4 rings (SSSR count). The summed E-state index contributed by atoms with van der Waals surface area (Å²) in [6.07, 6.45) is 3.35. The number of urea groups is 1. The number of carbonyl (C=O) groups is 3. The minimum absolute atomic E-state index is 0.161. The standard InChI is InChI=1S/C23H19N3O4/c1-15-5-2-6-16(11-15)14-26-21(27)20(24-23(26)30)13-19-9-4-10-25(19)18-8-3-7-17(12-18)22(28)29/h2-13H,14H2,1H3,(H,24,30)(H,28,29)/b20-13-. The van der Waals surface area contributed by atoms with Crippen molar-refractivity contribution in [2.45, 2.75) is 13.5 Å². The molecule has 150 valence electrons. The Hall–Kier alpha value is -4.13. The zero-order valence-corrected chi connectivity index (χ0v) is 16.2. The van der Waals surface area contributed by atoms with Gasteiger partial charge in [0, 0.05) is 17.6 Å². The highest BCUT2D eigenvalue weighted by atomic mass is 16.4. The molecular formula is C23H19N3O4. The summed E-state index contributed by atoms with van der Waals surface area (Å²) >= 11 is 0. The number of nitrogens with one attached hydrogen (secondary N) is 1. The number of aromatic carboxylic acids is 1. The monoisotopic (exact) mass is 401 g/mol. The second-order valence-electron chi connectivity index (χ2n) is 7.03. The average molecular weight is 401 g/mol. The third-order valence-electron chi connectivity index (χ3n) is 4.83. The third kappa shape index (κ3) is 3.73. The maximum atomic E-state index is 12.8. The highest BCUT2D eigenvalue weighted by Gasteiger charge is 2.33. The first-order chi connectivity index (χ1) is 14.4. The molecular weight excluding hydrogens is 382 g/mol. The van der Waals surface area contributed by atoms with Gasteiger partial charge in [-0.1, -0.05) is 35.9 Å². The van der Waals surface area contributed by atoms with E-state index in [0.29, 0.717) is 11.4 Å². The van der Waals surface area contributed by atoms with Gasteiger partial charge in [-0.15, -0.1) is 0 Å². The lowest BCUT2D eigenvalue weighted by atomic mass is 10.1. The van der Waals surface area contributed by atoms with E-state index in [0.717, 1.165) is 11.1 Å². The van der Waals surface area contributed by atoms with Crippen molar-refractivity contribution < 1.29 is 19.5 Å². The van der Waals surface area contributed by atoms with Crippen LogP contribution >= 0.6 is 0 Å². The van der Waals surface area contributed by atoms with Crippen LogP contribution in [0.5, 0.6) is 0 Å². The van der Waals surface area contributed by atoms with Gasteiger partial charge < -0.3 is 15.0 Å². The number of carboxylic acids is 1. The zero-order chi connectivity index (χ0) is 21.3. The first kappa shape index (κ1) is 19.2. The van der Waals surface area contributed by atoms with Gasteiger partial charge in [-0.2, -0.15) is 0 Å². The number of nitrogens with zero attached hydrogens (tertiary/aromatic N) is 2. The summed E-state index contributed by atoms with van der Waals surface area (Å²) in [5.74, 6) is -1.43. The van der Waals surface area contributed by atoms with E-state index in [1.807, 2.05) is 31.2 Å². The van der Waals surface area contributed by atoms with Crippen LogP contribution in [0.2, 0.25) is 0 Å². The van der Waals surface area contributed by atoms with Gasteiger partial charge in [-0.3, -0.25) is 9.69 Å². The van der Waals surface area contributed by atoms with Crippen LogP contribution in [-0.2, 0) is 11.3 Å². The Kier molecular flexibility index (Phi) is 4.93. The van der Waals surface area contributed by atoms with Crippen LogP contribution in [-0.4, -0.2) is 32.5 Å². The van der Waals surface area contributed by atoms with Crippen LogP contribution in [0.25, 0.3) is 11.8 Å². The molecule has 2 heterocycles. The van der Waals surface area contributed by atoms with Crippen molar-refractivity contribution in [3.63, 3.8) is 0 Å². The molecule has 0 atom stereocenters. The van der Waals surface area contributed by atoms with Crippen molar-refractivity contribution in [3.8, 4) is 5.69 Å². The highest BCUT2D eigenvalue weighted by Crippen LogP contribution is 2.20. The number of aryl methyl sites for hydroxylation is 1. The predicted molar refractivity (Wildman–Crippen MR) is 111 cm³/mol. The molecule has 0 saturated carbocycles. The van der Waals surface area contributed by atoms with E-state index in [2.05, 4.69) is 5.32 Å². The molecule has 7 nitrogen and oxygen atoms in total. The normalized spacial score (nSPS) is 15.0. The number of hydrogen-bond acceptors (Lipinski definition) is 3. The smallest absolute Gasteiger partial charge is 0.335 e. The second-order valence-corrected chi connectivity index (χ2v) is 7.03. The molecule has 0 spiro atoms. The van der Waals surface area contributed by atoms with Crippen LogP contribution in [0.4, 0.5) is 4.79 Å². The topological polar surface area (TPSA) is 91.6 Å². The number of carbonyl (C=O) groups excluding carboxylic acids is 2. The lowest BCUT2D eigenvalue weighted by Gasteiger charge is -2.12. The Balaban J connectivity index is 1.61. The van der Waals surface area contributed by atoms with Crippen LogP contribution < -0.4 is 5.32 Å². The van der Waals surface area contributed by atoms with E-state index in [9.17, 15) is 19.5 Å². The summed E-state index contributed by atoms with van der Waals surface area (Å²) in [5.41, 5.74) is 3.53. The van der Waals surface area contributed by atoms with Gasteiger partial charge in [0.05, 0.1) is 12.1 Å². The summed E-state index contributed by atoms with van der Waals surface area (Å²) in [6.45, 7) is 2.14. The second kappa shape index (κ2) is 7.71. The van der Waals surface area contributed by atoms with E-state index >= 15 is 0 Å². The van der Waals surface area contributed by atoms with Gasteiger partial charge in [0.2, 0.25) is 0 Å². The number of amides is 3. The van der Waals surface area contributed by atoms with Crippen LogP contribution in [0, 0.1) is 6.92 Å². The number of imide groups is 1. The SMILES string of the molecule is Cc1cccc(CN2C(=O)N/C(=C\c3cccn3-c3cccc(C(=O)O)c3)C2=O)c1. The number of hydrogen-bond donors (Lipinski definition) is 2. The van der Waals surface area contributed by atoms with Gasteiger partial charge in [0.25, 0.3) is 5.91 Å². The van der Waals surface area contributed by atoms with Crippen molar-refractivity contribution in [3.05, 3.63) is 94.9 Å². The van der Waals surface area contributed by atoms with E-state index in [1.165, 1.54) is 11.0 Å². The fourth-order valence-corrected chi connectivity index (χ4v) is 3.39. The first-order valence-corrected chi connectivity index (χ1v) is 9.33. The first-order valence-electron chi connectivity index (χ1n) is 9.33. The molecule has 0 bridgehead atoms. The Labute approximate surface area is 172 Å². The van der Waals surface area contributed by atoms with Gasteiger partial charge >= 0.3 is 12.0 Å². The Morgan fingerprint density at radius 2 is 1.87 bits per heavy atom. The average Bonchev–Trinajstić information content (AvgIpc) is 3.28. The van der Waals surface area contributed by atoms with Crippen molar-refractivity contribution in [2.75, 3.05) is 0 Å². The molecule has 3 amide bonds. The Morgan fingerprint density at radius 1 is 1.07 bits per heavy atom. The molecule has 3 aromatic rings. The van der Waals surface area contributed by atoms with E-state index in [1.54, 1.807) is 47.2 Å². The number of aromatic nitrogens is 1. The minimum atomic E-state index is -1.02. The van der Waals surface area contributed by atoms with Crippen LogP contribution in [0.15, 0.2) is 72.6 Å². The lowest BCUT2D eigenvalue weighted by molar-refractivity contribution is -0.123. The van der Waals surface area contributed by atoms with Gasteiger partial charge in [0.1, 0.15) is 5.70 Å². The molecule has 2 aromatic carbocycles. The maximum Gasteiger partial charge on any atom is 0.335 e. The zero-order valence-electron chi connectivity index (χ0n) is 16.2. The molecule has 1 fully saturated rings. The van der Waals surface area contributed by atoms with Crippen molar-refractivity contribution in [1.82, 2.24) is 14.8 Å². The third-order valence-corrected chi connectivity index (χ3v) is 4.83. The minimum Gasteiger partial charge on any atom is -0.478 e. The quantitative estimate of drug-likeness (QED) is 0.505. The largest absolute Gasteiger partial charge is 0.478 e. The van der Waals surface area contributed by atoms with Crippen LogP contribution in [0.1, 0.15) is 27.2 Å². The number of benzene rings is 2. The molecule has 2 N–H and O–H groups in total. The van der Waals surface area contributed by atoms with E-state index < -0.39 is 17.9 Å². The molecule has 1 aliphatic heterocycles. The summed E-state index contributed by atoms with van der Waals surface area (Å²) < 4.78 is 1.75. The highest BCUT2D eigenvalue weighted by molar-refractivity contribution is 6.13. The summed E-state index contributed by atoms with van der Waals surface area (Å²) in [4.78, 5) is 37.6. The van der Waals surface area contributed by atoms with E-state index in [-0.39, 0.29) is 17.8 Å². The lowest BCUT2D eigenvalue weighted by Crippen LogP contribution is -2.30. The molecule has 1 saturated heterocycles. The van der Waals surface area contributed by atoms with Gasteiger partial charge in [0.15, 0.2) is 0 Å². The van der Waals surface area contributed by atoms with Crippen molar-refractivity contribution in [2.24, 2.45) is 0 Å². The Morgan fingerprint density at radius 3 is 2.63 bits per heavy atom. The maximum absolute atomic E-state index is 12.8. The molecule has 7 heteroatoms. The molecule has 0 radical (unpaired) electrons. The number of rotatable bonds is 5. The predicted octanol–water partition coefficient (Wildman–Crippen LogP) is 3.58.